The summed E-state index contributed by atoms with van der Waals surface area (Å²) in [6.07, 6.45) is 2.23. The molecular weight excluding hydrogens is 228 g/mol. The second kappa shape index (κ2) is 5.48. The molecule has 4 heteroatoms. The number of benzene rings is 1. The largest absolute Gasteiger partial charge is 0.314 e. The maximum absolute atomic E-state index is 10.8. The van der Waals surface area contributed by atoms with Crippen LogP contribution >= 0.6 is 0 Å². The van der Waals surface area contributed by atoms with Crippen LogP contribution in [-0.2, 0) is 0 Å². The highest BCUT2D eigenvalue weighted by Crippen LogP contribution is 2.43. The lowest BCUT2D eigenvalue weighted by Gasteiger charge is -2.43. The zero-order valence-corrected chi connectivity index (χ0v) is 10.9. The number of nitrogens with zero attached hydrogens (tertiary/aromatic N) is 1. The summed E-state index contributed by atoms with van der Waals surface area (Å²) in [5.74, 6) is 1.01. The second-order valence-electron chi connectivity index (χ2n) is 5.11. The van der Waals surface area contributed by atoms with Gasteiger partial charge in [-0.3, -0.25) is 10.1 Å². The van der Waals surface area contributed by atoms with E-state index in [1.54, 1.807) is 18.2 Å². The van der Waals surface area contributed by atoms with Crippen LogP contribution in [0, 0.1) is 16.0 Å². The minimum atomic E-state index is -0.320. The van der Waals surface area contributed by atoms with Crippen LogP contribution < -0.4 is 5.32 Å². The molecule has 0 aliphatic heterocycles. The summed E-state index contributed by atoms with van der Waals surface area (Å²) >= 11 is 0. The van der Waals surface area contributed by atoms with E-state index in [9.17, 15) is 10.1 Å². The molecule has 2 rings (SSSR count). The van der Waals surface area contributed by atoms with Crippen molar-refractivity contribution in [1.82, 2.24) is 5.32 Å². The topological polar surface area (TPSA) is 55.2 Å². The molecule has 3 unspecified atom stereocenters. The van der Waals surface area contributed by atoms with Crippen molar-refractivity contribution in [3.05, 3.63) is 39.9 Å². The van der Waals surface area contributed by atoms with E-state index < -0.39 is 0 Å². The van der Waals surface area contributed by atoms with Gasteiger partial charge in [0.15, 0.2) is 0 Å². The first-order chi connectivity index (χ1) is 8.63. The molecule has 0 amide bonds. The first-order valence-electron chi connectivity index (χ1n) is 6.61. The third-order valence-electron chi connectivity index (χ3n) is 3.94. The van der Waals surface area contributed by atoms with Gasteiger partial charge in [0.05, 0.1) is 4.92 Å². The summed E-state index contributed by atoms with van der Waals surface area (Å²) in [5.41, 5.74) is 1.30. The van der Waals surface area contributed by atoms with Crippen LogP contribution in [0.1, 0.15) is 38.2 Å². The van der Waals surface area contributed by atoms with Gasteiger partial charge in [-0.15, -0.1) is 0 Å². The van der Waals surface area contributed by atoms with E-state index in [4.69, 9.17) is 0 Å². The Hall–Kier alpha value is -1.42. The Morgan fingerprint density at radius 3 is 2.89 bits per heavy atom. The number of non-ortho nitro benzene ring substituents is 1. The van der Waals surface area contributed by atoms with Crippen molar-refractivity contribution in [2.75, 3.05) is 6.54 Å². The van der Waals surface area contributed by atoms with Crippen molar-refractivity contribution < 1.29 is 4.92 Å². The summed E-state index contributed by atoms with van der Waals surface area (Å²) < 4.78 is 0. The third-order valence-corrected chi connectivity index (χ3v) is 3.94. The number of nitro groups is 1. The molecule has 0 radical (unpaired) electrons. The Labute approximate surface area is 108 Å². The minimum Gasteiger partial charge on any atom is -0.314 e. The molecule has 1 aromatic carbocycles. The van der Waals surface area contributed by atoms with Gasteiger partial charge in [-0.05, 0) is 36.8 Å². The van der Waals surface area contributed by atoms with Gasteiger partial charge in [0.25, 0.3) is 5.69 Å². The zero-order valence-electron chi connectivity index (χ0n) is 10.9. The van der Waals surface area contributed by atoms with Crippen molar-refractivity contribution in [1.29, 1.82) is 0 Å². The Bertz CT molecular complexity index is 434. The molecule has 0 bridgehead atoms. The molecule has 1 saturated carbocycles. The highest BCUT2D eigenvalue weighted by Gasteiger charge is 2.38. The maximum atomic E-state index is 10.8. The Balaban J connectivity index is 2.02. The fraction of sp³-hybridized carbons (Fsp3) is 0.571. The average Bonchev–Trinajstić information content (AvgIpc) is 2.37. The number of nitro benzene ring substituents is 1. The highest BCUT2D eigenvalue weighted by atomic mass is 16.6. The van der Waals surface area contributed by atoms with Crippen LogP contribution in [0.15, 0.2) is 24.3 Å². The average molecular weight is 248 g/mol. The third kappa shape index (κ3) is 2.53. The molecule has 4 nitrogen and oxygen atoms in total. The van der Waals surface area contributed by atoms with Gasteiger partial charge < -0.3 is 5.32 Å². The summed E-state index contributed by atoms with van der Waals surface area (Å²) in [5, 5.41) is 14.3. The van der Waals surface area contributed by atoms with E-state index in [0.717, 1.165) is 24.9 Å². The van der Waals surface area contributed by atoms with Crippen LogP contribution in [0.5, 0.6) is 0 Å². The number of hydrogen-bond acceptors (Lipinski definition) is 3. The summed E-state index contributed by atoms with van der Waals surface area (Å²) in [6, 6.07) is 7.63. The van der Waals surface area contributed by atoms with E-state index in [0.29, 0.717) is 17.9 Å². The first kappa shape index (κ1) is 13.0. The maximum Gasteiger partial charge on any atom is 0.269 e. The van der Waals surface area contributed by atoms with Crippen molar-refractivity contribution >= 4 is 5.69 Å². The van der Waals surface area contributed by atoms with Crippen LogP contribution in [0.4, 0.5) is 5.69 Å². The van der Waals surface area contributed by atoms with Crippen molar-refractivity contribution in [2.45, 2.75) is 38.6 Å². The number of nitrogens with one attached hydrogen (secondary N) is 1. The van der Waals surface area contributed by atoms with E-state index in [-0.39, 0.29) is 10.6 Å². The van der Waals surface area contributed by atoms with Gasteiger partial charge in [0.2, 0.25) is 0 Å². The molecule has 0 aromatic heterocycles. The lowest BCUT2D eigenvalue weighted by atomic mass is 9.67. The predicted octanol–water partition coefficient (Wildman–Crippen LogP) is 3.09. The van der Waals surface area contributed by atoms with Gasteiger partial charge in [-0.2, -0.15) is 0 Å². The van der Waals surface area contributed by atoms with E-state index in [2.05, 4.69) is 19.2 Å². The molecule has 1 N–H and O–H groups in total. The molecule has 3 atom stereocenters. The highest BCUT2D eigenvalue weighted by molar-refractivity contribution is 5.37. The van der Waals surface area contributed by atoms with Gasteiger partial charge in [-0.25, -0.2) is 0 Å². The Kier molecular flexibility index (Phi) is 3.97. The molecule has 0 spiro atoms. The van der Waals surface area contributed by atoms with E-state index >= 15 is 0 Å². The molecule has 98 valence electrons. The van der Waals surface area contributed by atoms with Gasteiger partial charge in [-0.1, -0.05) is 26.0 Å². The van der Waals surface area contributed by atoms with Crippen LogP contribution in [0.2, 0.25) is 0 Å². The molecule has 0 saturated heterocycles. The van der Waals surface area contributed by atoms with Crippen LogP contribution in [0.3, 0.4) is 0 Å². The number of rotatable bonds is 5. The molecular formula is C14H20N2O2. The van der Waals surface area contributed by atoms with Gasteiger partial charge >= 0.3 is 0 Å². The fourth-order valence-electron chi connectivity index (χ4n) is 2.70. The van der Waals surface area contributed by atoms with Crippen molar-refractivity contribution in [3.8, 4) is 0 Å². The fourth-order valence-corrected chi connectivity index (χ4v) is 2.70. The second-order valence-corrected chi connectivity index (χ2v) is 5.11. The Morgan fingerprint density at radius 1 is 1.50 bits per heavy atom. The summed E-state index contributed by atoms with van der Waals surface area (Å²) in [6.45, 7) is 5.44. The molecule has 1 aliphatic rings. The SMILES string of the molecule is CCCNC1CC(c2cccc([N+](=O)[O-])c2)C1C. The van der Waals surface area contributed by atoms with Crippen LogP contribution in [-0.4, -0.2) is 17.5 Å². The summed E-state index contributed by atoms with van der Waals surface area (Å²) in [4.78, 5) is 10.4. The standard InChI is InChI=1S/C14H20N2O2/c1-3-7-15-14-9-13(10(14)2)11-5-4-6-12(8-11)16(17)18/h4-6,8,10,13-15H,3,7,9H2,1-2H3. The lowest BCUT2D eigenvalue weighted by molar-refractivity contribution is -0.385. The molecule has 1 aliphatic carbocycles. The molecule has 18 heavy (non-hydrogen) atoms. The quantitative estimate of drug-likeness (QED) is 0.643. The summed E-state index contributed by atoms with van der Waals surface area (Å²) in [7, 11) is 0. The number of hydrogen-bond donors (Lipinski definition) is 1. The minimum absolute atomic E-state index is 0.199. The smallest absolute Gasteiger partial charge is 0.269 e. The lowest BCUT2D eigenvalue weighted by Crippen LogP contribution is -2.48. The van der Waals surface area contributed by atoms with Crippen molar-refractivity contribution in [2.24, 2.45) is 5.92 Å². The molecule has 1 aromatic rings. The monoisotopic (exact) mass is 248 g/mol. The van der Waals surface area contributed by atoms with Crippen molar-refractivity contribution in [3.63, 3.8) is 0 Å². The zero-order chi connectivity index (χ0) is 13.1. The van der Waals surface area contributed by atoms with Gasteiger partial charge in [0.1, 0.15) is 0 Å². The van der Waals surface area contributed by atoms with E-state index in [1.807, 2.05) is 6.07 Å². The Morgan fingerprint density at radius 2 is 2.28 bits per heavy atom. The van der Waals surface area contributed by atoms with E-state index in [1.165, 1.54) is 0 Å². The normalized spacial score (nSPS) is 26.7. The predicted molar refractivity (Wildman–Crippen MR) is 71.7 cm³/mol. The molecule has 0 heterocycles. The first-order valence-corrected chi connectivity index (χ1v) is 6.61. The van der Waals surface area contributed by atoms with Crippen LogP contribution in [0.25, 0.3) is 0 Å². The molecule has 1 fully saturated rings. The van der Waals surface area contributed by atoms with Gasteiger partial charge in [0, 0.05) is 18.2 Å².